The molecular weight excluding hydrogens is 587 g/mol. The zero-order valence-corrected chi connectivity index (χ0v) is 27.4. The van der Waals surface area contributed by atoms with Gasteiger partial charge in [-0.15, -0.1) is 0 Å². The summed E-state index contributed by atoms with van der Waals surface area (Å²) in [6.07, 6.45) is 4.93. The van der Waals surface area contributed by atoms with Crippen LogP contribution in [0.4, 0.5) is 45.5 Å². The van der Waals surface area contributed by atoms with Crippen LogP contribution in [-0.2, 0) is 5.41 Å². The summed E-state index contributed by atoms with van der Waals surface area (Å²) in [4.78, 5) is 7.49. The Balaban J connectivity index is 1.13. The van der Waals surface area contributed by atoms with E-state index in [-0.39, 0.29) is 11.0 Å². The normalized spacial score (nSPS) is 21.0. The molecule has 234 valence electrons. The van der Waals surface area contributed by atoms with Gasteiger partial charge in [-0.05, 0) is 103 Å². The highest BCUT2D eigenvalue weighted by Gasteiger charge is 2.60. The molecule has 0 saturated heterocycles. The Kier molecular flexibility index (Phi) is 5.76. The van der Waals surface area contributed by atoms with Crippen molar-refractivity contribution in [3.8, 4) is 22.6 Å². The van der Waals surface area contributed by atoms with E-state index >= 15 is 0 Å². The zero-order chi connectivity index (χ0) is 32.0. The number of hydrogen-bond acceptors (Lipinski definition) is 4. The number of ether oxygens (including phenoxy) is 1. The number of para-hydroxylation sites is 4. The summed E-state index contributed by atoms with van der Waals surface area (Å²) in [5, 5.41) is 0. The highest BCUT2D eigenvalue weighted by molar-refractivity contribution is 6.06. The van der Waals surface area contributed by atoms with E-state index in [1.54, 1.807) is 0 Å². The molecule has 0 spiro atoms. The van der Waals surface area contributed by atoms with Crippen molar-refractivity contribution in [1.29, 1.82) is 0 Å². The van der Waals surface area contributed by atoms with E-state index < -0.39 is 0 Å². The number of rotatable bonds is 4. The van der Waals surface area contributed by atoms with Gasteiger partial charge in [0.15, 0.2) is 11.5 Å². The van der Waals surface area contributed by atoms with Crippen molar-refractivity contribution in [2.45, 2.75) is 50.5 Å². The van der Waals surface area contributed by atoms with E-state index in [0.29, 0.717) is 0 Å². The van der Waals surface area contributed by atoms with Crippen LogP contribution in [0.25, 0.3) is 11.1 Å². The van der Waals surface area contributed by atoms with E-state index in [0.717, 1.165) is 51.1 Å². The first-order chi connectivity index (χ1) is 23.5. The molecule has 4 aliphatic rings. The third kappa shape index (κ3) is 3.66. The Labute approximate surface area is 282 Å². The maximum absolute atomic E-state index is 6.74. The minimum absolute atomic E-state index is 0.0108. The summed E-state index contributed by atoms with van der Waals surface area (Å²) in [7, 11) is 0. The van der Waals surface area contributed by atoms with Gasteiger partial charge in [0.25, 0.3) is 0 Å². The highest BCUT2D eigenvalue weighted by atomic mass is 16.5. The van der Waals surface area contributed by atoms with Crippen LogP contribution in [0.1, 0.15) is 45.1 Å². The van der Waals surface area contributed by atoms with Gasteiger partial charge in [-0.25, -0.2) is 0 Å². The summed E-state index contributed by atoms with van der Waals surface area (Å²) in [6, 6.07) is 50.3. The van der Waals surface area contributed by atoms with E-state index in [9.17, 15) is 0 Å². The van der Waals surface area contributed by atoms with E-state index in [1.165, 1.54) is 48.3 Å². The van der Waals surface area contributed by atoms with E-state index in [1.807, 2.05) is 0 Å². The lowest BCUT2D eigenvalue weighted by Gasteiger charge is -2.52. The number of nitrogens with zero attached hydrogens (tertiary/aromatic N) is 3. The molecule has 4 nitrogen and oxygen atoms in total. The zero-order valence-electron chi connectivity index (χ0n) is 27.4. The SMILES string of the molecule is CC12CCCCC1(C)N1c3cccc4c3N(c3cc(-c5cccc(N(c6ccccc6)c6ccccc6)c5)ccc3O4)c3cccc2c31. The fourth-order valence-corrected chi connectivity index (χ4v) is 9.17. The van der Waals surface area contributed by atoms with Crippen LogP contribution >= 0.6 is 0 Å². The monoisotopic (exact) mass is 623 g/mol. The van der Waals surface area contributed by atoms with Crippen LogP contribution in [0.5, 0.6) is 11.5 Å². The molecule has 10 rings (SSSR count). The molecule has 0 radical (unpaired) electrons. The Morgan fingerprint density at radius 2 is 1.21 bits per heavy atom. The minimum Gasteiger partial charge on any atom is -0.453 e. The quantitative estimate of drug-likeness (QED) is 0.194. The Bertz CT molecular complexity index is 2190. The summed E-state index contributed by atoms with van der Waals surface area (Å²) < 4.78 is 6.74. The molecule has 6 aromatic rings. The van der Waals surface area contributed by atoms with Gasteiger partial charge in [-0.2, -0.15) is 0 Å². The molecule has 0 amide bonds. The molecule has 1 aliphatic carbocycles. The lowest BCUT2D eigenvalue weighted by molar-refractivity contribution is 0.195. The number of fused-ring (bicyclic) bond motifs is 7. The summed E-state index contributed by atoms with van der Waals surface area (Å²) in [5.41, 5.74) is 13.4. The molecule has 3 aliphatic heterocycles. The van der Waals surface area contributed by atoms with Gasteiger partial charge in [0.1, 0.15) is 5.69 Å². The summed E-state index contributed by atoms with van der Waals surface area (Å²) in [5.74, 6) is 1.80. The van der Waals surface area contributed by atoms with Crippen molar-refractivity contribution in [2.24, 2.45) is 0 Å². The number of anilines is 8. The molecule has 4 heteroatoms. The third-order valence-electron chi connectivity index (χ3n) is 11.7. The second kappa shape index (κ2) is 10.0. The number of benzene rings is 6. The Hall–Kier alpha value is -5.48. The van der Waals surface area contributed by atoms with Gasteiger partial charge in [-0.3, -0.25) is 4.90 Å². The van der Waals surface area contributed by atoms with Crippen molar-refractivity contribution < 1.29 is 4.74 Å². The van der Waals surface area contributed by atoms with Crippen LogP contribution in [0.3, 0.4) is 0 Å². The lowest BCUT2D eigenvalue weighted by Crippen LogP contribution is -2.55. The second-order valence-corrected chi connectivity index (χ2v) is 14.1. The van der Waals surface area contributed by atoms with Gasteiger partial charge in [-0.1, -0.05) is 92.6 Å². The first-order valence-electron chi connectivity index (χ1n) is 17.2. The van der Waals surface area contributed by atoms with Gasteiger partial charge in [0.05, 0.1) is 28.3 Å². The summed E-state index contributed by atoms with van der Waals surface area (Å²) in [6.45, 7) is 5.01. The molecule has 48 heavy (non-hydrogen) atoms. The molecule has 1 saturated carbocycles. The van der Waals surface area contributed by atoms with E-state index in [4.69, 9.17) is 4.74 Å². The van der Waals surface area contributed by atoms with Crippen LogP contribution in [0, 0.1) is 0 Å². The van der Waals surface area contributed by atoms with E-state index in [2.05, 4.69) is 168 Å². The molecule has 3 heterocycles. The second-order valence-electron chi connectivity index (χ2n) is 14.1. The lowest BCUT2D eigenvalue weighted by atomic mass is 9.61. The van der Waals surface area contributed by atoms with Gasteiger partial charge < -0.3 is 14.5 Å². The fraction of sp³-hybridized carbons (Fsp3) is 0.182. The molecule has 6 aromatic carbocycles. The van der Waals surface area contributed by atoms with Gasteiger partial charge in [0.2, 0.25) is 0 Å². The Morgan fingerprint density at radius 3 is 2.00 bits per heavy atom. The van der Waals surface area contributed by atoms with Crippen LogP contribution in [0.15, 0.2) is 140 Å². The van der Waals surface area contributed by atoms with Crippen LogP contribution < -0.4 is 19.4 Å². The largest absolute Gasteiger partial charge is 0.453 e. The highest BCUT2D eigenvalue weighted by Crippen LogP contribution is 2.69. The maximum atomic E-state index is 6.74. The minimum atomic E-state index is 0.0108. The third-order valence-corrected chi connectivity index (χ3v) is 11.7. The molecule has 1 fully saturated rings. The first-order valence-corrected chi connectivity index (χ1v) is 17.2. The fourth-order valence-electron chi connectivity index (χ4n) is 9.17. The molecular formula is C44H37N3O. The smallest absolute Gasteiger partial charge is 0.153 e. The molecule has 0 N–H and O–H groups in total. The van der Waals surface area contributed by atoms with Crippen molar-refractivity contribution in [3.63, 3.8) is 0 Å². The standard InChI is InChI=1S/C44H37N3O/c1-43-26-9-10-27-44(43,2)47-37-22-13-23-40-42(37)46(36-21-12-20-35(43)41(36)47)38-29-31(24-25-39(38)48-40)30-14-11-19-34(28-30)45(32-15-5-3-6-16-32)33-17-7-4-8-18-33/h3-8,11-25,28-29H,9-10,26-27H2,1-2H3. The summed E-state index contributed by atoms with van der Waals surface area (Å²) >= 11 is 0. The predicted molar refractivity (Wildman–Crippen MR) is 198 cm³/mol. The van der Waals surface area contributed by atoms with Gasteiger partial charge in [0, 0.05) is 22.5 Å². The molecule has 0 aromatic heterocycles. The van der Waals surface area contributed by atoms with Gasteiger partial charge >= 0.3 is 0 Å². The van der Waals surface area contributed by atoms with Crippen molar-refractivity contribution >= 4 is 45.5 Å². The maximum Gasteiger partial charge on any atom is 0.153 e. The average Bonchev–Trinajstić information content (AvgIpc) is 3.35. The first kappa shape index (κ1) is 27.6. The van der Waals surface area contributed by atoms with Crippen molar-refractivity contribution in [2.75, 3.05) is 14.7 Å². The molecule has 2 unspecified atom stereocenters. The number of hydrogen-bond donors (Lipinski definition) is 0. The van der Waals surface area contributed by atoms with Crippen molar-refractivity contribution in [1.82, 2.24) is 0 Å². The average molecular weight is 624 g/mol. The molecule has 2 atom stereocenters. The van der Waals surface area contributed by atoms with Crippen LogP contribution in [0.2, 0.25) is 0 Å². The predicted octanol–water partition coefficient (Wildman–Crippen LogP) is 12.5. The van der Waals surface area contributed by atoms with Crippen molar-refractivity contribution in [3.05, 3.63) is 145 Å². The van der Waals surface area contributed by atoms with Crippen LogP contribution in [-0.4, -0.2) is 5.54 Å². The molecule has 0 bridgehead atoms. The topological polar surface area (TPSA) is 19.0 Å². The Morgan fingerprint density at radius 1 is 0.542 bits per heavy atom.